The van der Waals surface area contributed by atoms with Crippen LogP contribution in [0.1, 0.15) is 153 Å². The first kappa shape index (κ1) is 29.3. The Morgan fingerprint density at radius 1 is 0.500 bits per heavy atom. The van der Waals surface area contributed by atoms with Gasteiger partial charge in [-0.2, -0.15) is 0 Å². The summed E-state index contributed by atoms with van der Waals surface area (Å²) in [7, 11) is 0. The van der Waals surface area contributed by atoms with Crippen molar-refractivity contribution in [2.75, 3.05) is 0 Å². The van der Waals surface area contributed by atoms with Gasteiger partial charge in [0.1, 0.15) is 5.75 Å². The van der Waals surface area contributed by atoms with Gasteiger partial charge in [0.25, 0.3) is 0 Å². The van der Waals surface area contributed by atoms with Crippen molar-refractivity contribution in [3.05, 3.63) is 28.3 Å². The number of halogens is 1. The lowest BCUT2D eigenvalue weighted by atomic mass is 9.95. The molecule has 186 valence electrons. The van der Waals surface area contributed by atoms with Gasteiger partial charge in [-0.1, -0.05) is 141 Å². The second-order valence-corrected chi connectivity index (χ2v) is 10.3. The largest absolute Gasteiger partial charge is 0.508 e. The minimum absolute atomic E-state index is 0.451. The Kier molecular flexibility index (Phi) is 19.1. The Morgan fingerprint density at radius 2 is 0.844 bits per heavy atom. The van der Waals surface area contributed by atoms with E-state index < -0.39 is 0 Å². The third-order valence-corrected chi connectivity index (χ3v) is 7.26. The standard InChI is InChI=1S/C30H53ClO/c1-3-5-7-9-11-13-15-17-19-21-23-27-28(30(32)26-25-29(27)31)24-22-20-18-16-14-12-10-8-6-4-2/h25-26,32H,3-24H2,1-2H3. The highest BCUT2D eigenvalue weighted by Crippen LogP contribution is 2.31. The van der Waals surface area contributed by atoms with Crippen LogP contribution in [0.4, 0.5) is 0 Å². The summed E-state index contributed by atoms with van der Waals surface area (Å²) < 4.78 is 0. The molecule has 0 bridgehead atoms. The fourth-order valence-electron chi connectivity index (χ4n) is 4.78. The van der Waals surface area contributed by atoms with E-state index in [4.69, 9.17) is 11.6 Å². The SMILES string of the molecule is CCCCCCCCCCCCc1c(O)ccc(Cl)c1CCCCCCCCCCCC. The van der Waals surface area contributed by atoms with Crippen LogP contribution in [-0.4, -0.2) is 5.11 Å². The normalized spacial score (nSPS) is 11.3. The highest BCUT2D eigenvalue weighted by Gasteiger charge is 2.12. The topological polar surface area (TPSA) is 20.2 Å². The van der Waals surface area contributed by atoms with Crippen LogP contribution in [0, 0.1) is 0 Å². The fraction of sp³-hybridized carbons (Fsp3) is 0.800. The predicted molar refractivity (Wildman–Crippen MR) is 144 cm³/mol. The minimum Gasteiger partial charge on any atom is -0.508 e. The zero-order valence-electron chi connectivity index (χ0n) is 21.5. The summed E-state index contributed by atoms with van der Waals surface area (Å²) in [6, 6.07) is 3.67. The average Bonchev–Trinajstić information content (AvgIpc) is 2.79. The van der Waals surface area contributed by atoms with Crippen molar-refractivity contribution in [2.24, 2.45) is 0 Å². The van der Waals surface area contributed by atoms with E-state index in [2.05, 4.69) is 13.8 Å². The molecule has 0 heterocycles. The summed E-state index contributed by atoms with van der Waals surface area (Å²) in [6.45, 7) is 4.56. The number of phenolic OH excluding ortho intramolecular Hbond substituents is 1. The maximum atomic E-state index is 10.5. The Morgan fingerprint density at radius 3 is 1.25 bits per heavy atom. The monoisotopic (exact) mass is 464 g/mol. The van der Waals surface area contributed by atoms with Crippen molar-refractivity contribution < 1.29 is 5.11 Å². The number of aromatic hydroxyl groups is 1. The molecule has 0 saturated heterocycles. The second kappa shape index (κ2) is 20.9. The van der Waals surface area contributed by atoms with Crippen molar-refractivity contribution >= 4 is 11.6 Å². The van der Waals surface area contributed by atoms with Crippen LogP contribution in [0.3, 0.4) is 0 Å². The van der Waals surface area contributed by atoms with Gasteiger partial charge in [0.2, 0.25) is 0 Å². The molecule has 1 nitrogen and oxygen atoms in total. The zero-order valence-corrected chi connectivity index (χ0v) is 22.3. The van der Waals surface area contributed by atoms with Crippen molar-refractivity contribution in [2.45, 2.75) is 155 Å². The third-order valence-electron chi connectivity index (χ3n) is 6.91. The maximum absolute atomic E-state index is 10.5. The summed E-state index contributed by atoms with van der Waals surface area (Å²) in [5.41, 5.74) is 2.33. The third kappa shape index (κ3) is 14.5. The summed E-state index contributed by atoms with van der Waals surface area (Å²) in [5.74, 6) is 0.451. The van der Waals surface area contributed by atoms with Crippen molar-refractivity contribution in [3.8, 4) is 5.75 Å². The van der Waals surface area contributed by atoms with Gasteiger partial charge in [-0.25, -0.2) is 0 Å². The first-order chi connectivity index (χ1) is 15.7. The van der Waals surface area contributed by atoms with Gasteiger partial charge < -0.3 is 5.11 Å². The van der Waals surface area contributed by atoms with Crippen LogP contribution in [0.25, 0.3) is 0 Å². The smallest absolute Gasteiger partial charge is 0.119 e. The molecule has 1 aromatic rings. The van der Waals surface area contributed by atoms with Gasteiger partial charge in [0.05, 0.1) is 0 Å². The molecule has 0 radical (unpaired) electrons. The Bertz CT molecular complexity index is 505. The molecule has 0 atom stereocenters. The van der Waals surface area contributed by atoms with Crippen molar-refractivity contribution in [1.82, 2.24) is 0 Å². The number of hydrogen-bond acceptors (Lipinski definition) is 1. The number of unbranched alkanes of at least 4 members (excludes halogenated alkanes) is 18. The Labute approximate surface area is 205 Å². The lowest BCUT2D eigenvalue weighted by molar-refractivity contribution is 0.464. The number of hydrogen-bond donors (Lipinski definition) is 1. The Balaban J connectivity index is 2.21. The van der Waals surface area contributed by atoms with Crippen LogP contribution >= 0.6 is 11.6 Å². The number of phenols is 1. The summed E-state index contributed by atoms with van der Waals surface area (Å²) in [6.07, 6.45) is 28.9. The van der Waals surface area contributed by atoms with Crippen LogP contribution in [0.2, 0.25) is 5.02 Å². The molecular formula is C30H53ClO. The molecule has 0 saturated carbocycles. The maximum Gasteiger partial charge on any atom is 0.119 e. The highest BCUT2D eigenvalue weighted by atomic mass is 35.5. The second-order valence-electron chi connectivity index (χ2n) is 9.89. The average molecular weight is 465 g/mol. The fourth-order valence-corrected chi connectivity index (χ4v) is 5.05. The molecule has 0 fully saturated rings. The van der Waals surface area contributed by atoms with E-state index in [1.54, 1.807) is 6.07 Å². The van der Waals surface area contributed by atoms with E-state index in [1.807, 2.05) is 6.07 Å². The van der Waals surface area contributed by atoms with Crippen molar-refractivity contribution in [1.29, 1.82) is 0 Å². The first-order valence-corrected chi connectivity index (χ1v) is 14.6. The molecule has 0 aliphatic carbocycles. The van der Waals surface area contributed by atoms with Gasteiger partial charge in [-0.3, -0.25) is 0 Å². The molecule has 2 heteroatoms. The molecule has 32 heavy (non-hydrogen) atoms. The molecule has 1 N–H and O–H groups in total. The van der Waals surface area contributed by atoms with Gasteiger partial charge in [-0.05, 0) is 48.9 Å². The molecule has 0 aromatic heterocycles. The molecular weight excluding hydrogens is 412 g/mol. The minimum atomic E-state index is 0.451. The van der Waals surface area contributed by atoms with Crippen LogP contribution in [0.5, 0.6) is 5.75 Å². The summed E-state index contributed by atoms with van der Waals surface area (Å²) >= 11 is 6.55. The summed E-state index contributed by atoms with van der Waals surface area (Å²) in [5, 5.41) is 11.3. The molecule has 1 rings (SSSR count). The van der Waals surface area contributed by atoms with E-state index in [0.29, 0.717) is 5.75 Å². The quantitative estimate of drug-likeness (QED) is 0.169. The van der Waals surface area contributed by atoms with E-state index in [0.717, 1.165) is 29.8 Å². The van der Waals surface area contributed by atoms with Gasteiger partial charge in [0, 0.05) is 5.02 Å². The number of rotatable bonds is 22. The zero-order chi connectivity index (χ0) is 23.3. The predicted octanol–water partition coefficient (Wildman–Crippen LogP) is 11.0. The van der Waals surface area contributed by atoms with E-state index in [-0.39, 0.29) is 0 Å². The molecule has 0 amide bonds. The van der Waals surface area contributed by atoms with Gasteiger partial charge in [-0.15, -0.1) is 0 Å². The molecule has 0 aliphatic heterocycles. The first-order valence-electron chi connectivity index (χ1n) is 14.2. The van der Waals surface area contributed by atoms with Crippen LogP contribution in [0.15, 0.2) is 12.1 Å². The van der Waals surface area contributed by atoms with Gasteiger partial charge >= 0.3 is 0 Å². The molecule has 0 spiro atoms. The molecule has 0 unspecified atom stereocenters. The highest BCUT2D eigenvalue weighted by molar-refractivity contribution is 6.31. The van der Waals surface area contributed by atoms with Crippen LogP contribution < -0.4 is 0 Å². The van der Waals surface area contributed by atoms with E-state index in [1.165, 1.54) is 128 Å². The van der Waals surface area contributed by atoms with Gasteiger partial charge in [0.15, 0.2) is 0 Å². The van der Waals surface area contributed by atoms with E-state index in [9.17, 15) is 5.11 Å². The van der Waals surface area contributed by atoms with Crippen molar-refractivity contribution in [3.63, 3.8) is 0 Å². The molecule has 0 aliphatic rings. The lowest BCUT2D eigenvalue weighted by Crippen LogP contribution is -1.98. The van der Waals surface area contributed by atoms with E-state index >= 15 is 0 Å². The number of benzene rings is 1. The lowest BCUT2D eigenvalue weighted by Gasteiger charge is -2.14. The Hall–Kier alpha value is -0.690. The van der Waals surface area contributed by atoms with Crippen LogP contribution in [-0.2, 0) is 12.8 Å². The molecule has 1 aromatic carbocycles. The summed E-state index contributed by atoms with van der Waals surface area (Å²) in [4.78, 5) is 0.